The van der Waals surface area contributed by atoms with Crippen LogP contribution in [-0.4, -0.2) is 54.7 Å². The SMILES string of the molecule is CC(CN1CCOCC1)NC(=O)c1cccnc1N. The molecule has 1 amide bonds. The van der Waals surface area contributed by atoms with Crippen LogP contribution in [0.3, 0.4) is 0 Å². The summed E-state index contributed by atoms with van der Waals surface area (Å²) in [6.45, 7) is 6.14. The van der Waals surface area contributed by atoms with Crippen molar-refractivity contribution in [2.75, 3.05) is 38.6 Å². The fourth-order valence-corrected chi connectivity index (χ4v) is 2.13. The maximum absolute atomic E-state index is 12.0. The number of nitrogen functional groups attached to an aromatic ring is 1. The summed E-state index contributed by atoms with van der Waals surface area (Å²) in [5, 5.41) is 2.94. The number of ether oxygens (including phenoxy) is 1. The Morgan fingerprint density at radius 1 is 1.58 bits per heavy atom. The van der Waals surface area contributed by atoms with Gasteiger partial charge in [0.25, 0.3) is 5.91 Å². The number of rotatable bonds is 4. The van der Waals surface area contributed by atoms with Crippen LogP contribution >= 0.6 is 0 Å². The Morgan fingerprint density at radius 3 is 3.00 bits per heavy atom. The van der Waals surface area contributed by atoms with Crippen molar-refractivity contribution in [3.05, 3.63) is 23.9 Å². The maximum atomic E-state index is 12.0. The fraction of sp³-hybridized carbons (Fsp3) is 0.538. The number of morpholine rings is 1. The summed E-state index contributed by atoms with van der Waals surface area (Å²) < 4.78 is 5.29. The van der Waals surface area contributed by atoms with E-state index in [-0.39, 0.29) is 17.8 Å². The average Bonchev–Trinajstić information content (AvgIpc) is 2.40. The third-order valence-electron chi connectivity index (χ3n) is 3.10. The highest BCUT2D eigenvalue weighted by atomic mass is 16.5. The van der Waals surface area contributed by atoms with Crippen LogP contribution in [0, 0.1) is 0 Å². The molecule has 0 radical (unpaired) electrons. The van der Waals surface area contributed by atoms with E-state index >= 15 is 0 Å². The van der Waals surface area contributed by atoms with E-state index in [1.807, 2.05) is 6.92 Å². The molecule has 6 heteroatoms. The van der Waals surface area contributed by atoms with E-state index in [1.165, 1.54) is 0 Å². The van der Waals surface area contributed by atoms with Gasteiger partial charge in [-0.25, -0.2) is 4.98 Å². The third-order valence-corrected chi connectivity index (χ3v) is 3.10. The Bertz CT molecular complexity index is 432. The van der Waals surface area contributed by atoms with E-state index in [0.29, 0.717) is 5.56 Å². The van der Waals surface area contributed by atoms with Gasteiger partial charge in [-0.05, 0) is 19.1 Å². The molecule has 2 rings (SSSR count). The quantitative estimate of drug-likeness (QED) is 0.807. The molecule has 1 aliphatic heterocycles. The first kappa shape index (κ1) is 13.8. The number of carbonyl (C=O) groups is 1. The average molecular weight is 264 g/mol. The number of nitrogens with one attached hydrogen (secondary N) is 1. The molecule has 1 aromatic heterocycles. The van der Waals surface area contributed by atoms with E-state index < -0.39 is 0 Å². The molecule has 6 nitrogen and oxygen atoms in total. The molecular formula is C13H20N4O2. The van der Waals surface area contributed by atoms with Crippen LogP contribution in [0.4, 0.5) is 5.82 Å². The molecule has 1 aliphatic rings. The largest absolute Gasteiger partial charge is 0.383 e. The lowest BCUT2D eigenvalue weighted by atomic mass is 10.2. The Hall–Kier alpha value is -1.66. The second kappa shape index (κ2) is 6.49. The zero-order valence-electron chi connectivity index (χ0n) is 11.1. The zero-order chi connectivity index (χ0) is 13.7. The van der Waals surface area contributed by atoms with Gasteiger partial charge in [0.05, 0.1) is 18.8 Å². The van der Waals surface area contributed by atoms with Crippen molar-refractivity contribution in [2.24, 2.45) is 0 Å². The second-order valence-corrected chi connectivity index (χ2v) is 4.72. The van der Waals surface area contributed by atoms with Crippen molar-refractivity contribution in [1.82, 2.24) is 15.2 Å². The van der Waals surface area contributed by atoms with Gasteiger partial charge < -0.3 is 15.8 Å². The first-order valence-corrected chi connectivity index (χ1v) is 6.48. The number of hydrogen-bond acceptors (Lipinski definition) is 5. The highest BCUT2D eigenvalue weighted by molar-refractivity contribution is 5.98. The number of nitrogens with two attached hydrogens (primary N) is 1. The molecular weight excluding hydrogens is 244 g/mol. The number of aromatic nitrogens is 1. The number of anilines is 1. The van der Waals surface area contributed by atoms with Gasteiger partial charge in [0, 0.05) is 31.9 Å². The summed E-state index contributed by atoms with van der Waals surface area (Å²) in [5.41, 5.74) is 6.11. The third kappa shape index (κ3) is 3.90. The van der Waals surface area contributed by atoms with Crippen LogP contribution < -0.4 is 11.1 Å². The summed E-state index contributed by atoms with van der Waals surface area (Å²) in [6.07, 6.45) is 1.57. The molecule has 1 aromatic rings. The molecule has 19 heavy (non-hydrogen) atoms. The van der Waals surface area contributed by atoms with E-state index in [4.69, 9.17) is 10.5 Å². The minimum atomic E-state index is -0.175. The topological polar surface area (TPSA) is 80.5 Å². The number of pyridine rings is 1. The van der Waals surface area contributed by atoms with Crippen LogP contribution in [0.25, 0.3) is 0 Å². The number of nitrogens with zero attached hydrogens (tertiary/aromatic N) is 2. The molecule has 104 valence electrons. The van der Waals surface area contributed by atoms with Crippen LogP contribution in [0.5, 0.6) is 0 Å². The summed E-state index contributed by atoms with van der Waals surface area (Å²) in [4.78, 5) is 18.2. The van der Waals surface area contributed by atoms with Crippen molar-refractivity contribution in [3.63, 3.8) is 0 Å². The van der Waals surface area contributed by atoms with Crippen LogP contribution in [0.15, 0.2) is 18.3 Å². The molecule has 0 saturated carbocycles. The monoisotopic (exact) mass is 264 g/mol. The minimum Gasteiger partial charge on any atom is -0.383 e. The molecule has 2 heterocycles. The predicted octanol–water partition coefficient (Wildman–Crippen LogP) is 0.114. The van der Waals surface area contributed by atoms with Crippen LogP contribution in [-0.2, 0) is 4.74 Å². The molecule has 1 unspecified atom stereocenters. The van der Waals surface area contributed by atoms with E-state index in [9.17, 15) is 4.79 Å². The Kier molecular flexibility index (Phi) is 4.70. The second-order valence-electron chi connectivity index (χ2n) is 4.72. The Morgan fingerprint density at radius 2 is 2.32 bits per heavy atom. The van der Waals surface area contributed by atoms with Gasteiger partial charge in [0.2, 0.25) is 0 Å². The summed E-state index contributed by atoms with van der Waals surface area (Å²) in [6, 6.07) is 3.45. The van der Waals surface area contributed by atoms with Gasteiger partial charge in [-0.2, -0.15) is 0 Å². The fourth-order valence-electron chi connectivity index (χ4n) is 2.13. The molecule has 0 spiro atoms. The first-order valence-electron chi connectivity index (χ1n) is 6.48. The van der Waals surface area contributed by atoms with Gasteiger partial charge in [-0.3, -0.25) is 9.69 Å². The molecule has 1 atom stereocenters. The number of hydrogen-bond donors (Lipinski definition) is 2. The lowest BCUT2D eigenvalue weighted by Crippen LogP contribution is -2.46. The Labute approximate surface area is 112 Å². The van der Waals surface area contributed by atoms with Gasteiger partial charge in [-0.15, -0.1) is 0 Å². The molecule has 1 saturated heterocycles. The maximum Gasteiger partial charge on any atom is 0.255 e. The van der Waals surface area contributed by atoms with E-state index in [2.05, 4.69) is 15.2 Å². The predicted molar refractivity (Wildman–Crippen MR) is 72.8 cm³/mol. The van der Waals surface area contributed by atoms with Gasteiger partial charge in [0.15, 0.2) is 0 Å². The molecule has 0 aromatic carbocycles. The van der Waals surface area contributed by atoms with Gasteiger partial charge in [0.1, 0.15) is 5.82 Å². The van der Waals surface area contributed by atoms with Crippen molar-refractivity contribution >= 4 is 11.7 Å². The lowest BCUT2D eigenvalue weighted by Gasteiger charge is -2.29. The van der Waals surface area contributed by atoms with Crippen molar-refractivity contribution < 1.29 is 9.53 Å². The number of amides is 1. The van der Waals surface area contributed by atoms with Crippen molar-refractivity contribution in [3.8, 4) is 0 Å². The molecule has 0 aliphatic carbocycles. The zero-order valence-corrected chi connectivity index (χ0v) is 11.1. The lowest BCUT2D eigenvalue weighted by molar-refractivity contribution is 0.0342. The standard InChI is InChI=1S/C13H20N4O2/c1-10(9-17-5-7-19-8-6-17)16-13(18)11-3-2-4-15-12(11)14/h2-4,10H,5-9H2,1H3,(H2,14,15)(H,16,18). The molecule has 0 bridgehead atoms. The van der Waals surface area contributed by atoms with Crippen molar-refractivity contribution in [1.29, 1.82) is 0 Å². The van der Waals surface area contributed by atoms with Crippen LogP contribution in [0.1, 0.15) is 17.3 Å². The van der Waals surface area contributed by atoms with Gasteiger partial charge in [-0.1, -0.05) is 0 Å². The van der Waals surface area contributed by atoms with Crippen LogP contribution in [0.2, 0.25) is 0 Å². The van der Waals surface area contributed by atoms with E-state index in [1.54, 1.807) is 18.3 Å². The summed E-state index contributed by atoms with van der Waals surface area (Å²) >= 11 is 0. The van der Waals surface area contributed by atoms with Gasteiger partial charge >= 0.3 is 0 Å². The Balaban J connectivity index is 1.86. The molecule has 1 fully saturated rings. The molecule has 3 N–H and O–H groups in total. The first-order chi connectivity index (χ1) is 9.16. The highest BCUT2D eigenvalue weighted by Gasteiger charge is 2.17. The van der Waals surface area contributed by atoms with Crippen molar-refractivity contribution in [2.45, 2.75) is 13.0 Å². The summed E-state index contributed by atoms with van der Waals surface area (Å²) in [5.74, 6) is 0.0879. The summed E-state index contributed by atoms with van der Waals surface area (Å²) in [7, 11) is 0. The normalized spacial score (nSPS) is 17.9. The number of carbonyl (C=O) groups excluding carboxylic acids is 1. The smallest absolute Gasteiger partial charge is 0.255 e. The highest BCUT2D eigenvalue weighted by Crippen LogP contribution is 2.07. The van der Waals surface area contributed by atoms with E-state index in [0.717, 1.165) is 32.8 Å². The minimum absolute atomic E-state index is 0.0604.